The van der Waals surface area contributed by atoms with Gasteiger partial charge in [0.25, 0.3) is 0 Å². The summed E-state index contributed by atoms with van der Waals surface area (Å²) in [5.41, 5.74) is 0.230. The first-order valence-corrected chi connectivity index (χ1v) is 4.95. The Morgan fingerprint density at radius 1 is 1.53 bits per heavy atom. The first-order chi connectivity index (χ1) is 7.16. The van der Waals surface area contributed by atoms with E-state index in [1.54, 1.807) is 0 Å². The molecule has 78 valence electrons. The lowest BCUT2D eigenvalue weighted by molar-refractivity contribution is 0.0980. The summed E-state index contributed by atoms with van der Waals surface area (Å²) in [6.07, 6.45) is 6.50. The van der Waals surface area contributed by atoms with Crippen LogP contribution in [0.5, 0.6) is 0 Å². The van der Waals surface area contributed by atoms with Crippen LogP contribution in [0.2, 0.25) is 5.02 Å². The Balaban J connectivity index is 2.75. The second-order valence-electron chi connectivity index (χ2n) is 3.08. The molecular weight excluding hydrogens is 215 g/mol. The third-order valence-corrected chi connectivity index (χ3v) is 2.36. The summed E-state index contributed by atoms with van der Waals surface area (Å²) in [6.45, 7) is 0. The Kier molecular flexibility index (Phi) is 4.33. The number of carbonyl (C=O) groups is 1. The highest BCUT2D eigenvalue weighted by atomic mass is 35.5. The predicted octanol–water partition coefficient (Wildman–Crippen LogP) is 3.47. The Hall–Kier alpha value is -1.33. The van der Waals surface area contributed by atoms with Crippen molar-refractivity contribution >= 4 is 17.4 Å². The van der Waals surface area contributed by atoms with Crippen LogP contribution in [-0.4, -0.2) is 5.78 Å². The van der Waals surface area contributed by atoms with E-state index in [4.69, 9.17) is 18.0 Å². The summed E-state index contributed by atoms with van der Waals surface area (Å²) in [5, 5.41) is -0.108. The number of rotatable bonds is 4. The van der Waals surface area contributed by atoms with Crippen molar-refractivity contribution in [1.82, 2.24) is 0 Å². The Morgan fingerprint density at radius 2 is 2.27 bits per heavy atom. The molecule has 0 aliphatic carbocycles. The van der Waals surface area contributed by atoms with Gasteiger partial charge in [-0.1, -0.05) is 17.7 Å². The Bertz CT molecular complexity index is 407. The van der Waals surface area contributed by atoms with Crippen LogP contribution in [0.25, 0.3) is 0 Å². The van der Waals surface area contributed by atoms with Crippen LogP contribution in [0.15, 0.2) is 18.2 Å². The molecule has 0 bridgehead atoms. The summed E-state index contributed by atoms with van der Waals surface area (Å²) >= 11 is 5.66. The van der Waals surface area contributed by atoms with Crippen molar-refractivity contribution in [2.24, 2.45) is 0 Å². The van der Waals surface area contributed by atoms with Gasteiger partial charge in [-0.25, -0.2) is 4.39 Å². The molecule has 0 saturated heterocycles. The average Bonchev–Trinajstić information content (AvgIpc) is 2.22. The van der Waals surface area contributed by atoms with Gasteiger partial charge in [0.1, 0.15) is 5.82 Å². The van der Waals surface area contributed by atoms with Crippen LogP contribution < -0.4 is 0 Å². The van der Waals surface area contributed by atoms with E-state index in [-0.39, 0.29) is 16.4 Å². The third-order valence-electron chi connectivity index (χ3n) is 1.98. The van der Waals surface area contributed by atoms with Gasteiger partial charge in [0.05, 0.1) is 5.02 Å². The zero-order valence-corrected chi connectivity index (χ0v) is 8.85. The van der Waals surface area contributed by atoms with Crippen molar-refractivity contribution < 1.29 is 9.18 Å². The van der Waals surface area contributed by atoms with Crippen LogP contribution >= 0.6 is 11.6 Å². The van der Waals surface area contributed by atoms with E-state index in [0.29, 0.717) is 19.3 Å². The molecule has 0 heterocycles. The number of ketones is 1. The molecule has 3 heteroatoms. The van der Waals surface area contributed by atoms with Crippen molar-refractivity contribution in [3.63, 3.8) is 0 Å². The fourth-order valence-corrected chi connectivity index (χ4v) is 1.44. The van der Waals surface area contributed by atoms with Crippen molar-refractivity contribution in [2.75, 3.05) is 0 Å². The van der Waals surface area contributed by atoms with Gasteiger partial charge in [-0.15, -0.1) is 12.3 Å². The SMILES string of the molecule is C#CCCCC(=O)c1cccc(F)c1Cl. The Morgan fingerprint density at radius 3 is 2.93 bits per heavy atom. The van der Waals surface area contributed by atoms with Crippen LogP contribution in [0.4, 0.5) is 4.39 Å². The lowest BCUT2D eigenvalue weighted by Crippen LogP contribution is -2.00. The molecule has 0 aliphatic rings. The van der Waals surface area contributed by atoms with E-state index in [9.17, 15) is 9.18 Å². The molecule has 0 aromatic heterocycles. The minimum absolute atomic E-state index is 0.108. The van der Waals surface area contributed by atoms with Crippen molar-refractivity contribution in [1.29, 1.82) is 0 Å². The van der Waals surface area contributed by atoms with Crippen molar-refractivity contribution in [3.05, 3.63) is 34.6 Å². The van der Waals surface area contributed by atoms with E-state index < -0.39 is 5.82 Å². The molecule has 0 atom stereocenters. The Labute approximate surface area is 93.3 Å². The number of Topliss-reactive ketones (excluding diaryl/α,β-unsaturated/α-hetero) is 1. The smallest absolute Gasteiger partial charge is 0.164 e. The molecule has 0 spiro atoms. The highest BCUT2D eigenvalue weighted by Gasteiger charge is 2.12. The number of terminal acetylenes is 1. The van der Waals surface area contributed by atoms with Crippen molar-refractivity contribution in [3.8, 4) is 12.3 Å². The summed E-state index contributed by atoms with van der Waals surface area (Å²) in [5.74, 6) is 1.70. The van der Waals surface area contributed by atoms with Gasteiger partial charge in [0.2, 0.25) is 0 Å². The summed E-state index contributed by atoms with van der Waals surface area (Å²) in [7, 11) is 0. The van der Waals surface area contributed by atoms with Crippen LogP contribution in [0.3, 0.4) is 0 Å². The zero-order valence-electron chi connectivity index (χ0n) is 8.09. The van der Waals surface area contributed by atoms with Crippen LogP contribution in [0, 0.1) is 18.2 Å². The van der Waals surface area contributed by atoms with Gasteiger partial charge >= 0.3 is 0 Å². The van der Waals surface area contributed by atoms with E-state index in [1.807, 2.05) is 0 Å². The fraction of sp³-hybridized carbons (Fsp3) is 0.250. The number of hydrogen-bond acceptors (Lipinski definition) is 1. The molecule has 0 fully saturated rings. The molecule has 15 heavy (non-hydrogen) atoms. The molecule has 0 radical (unpaired) electrons. The number of benzene rings is 1. The van der Waals surface area contributed by atoms with Gasteiger partial charge in [0.15, 0.2) is 5.78 Å². The van der Waals surface area contributed by atoms with E-state index in [2.05, 4.69) is 5.92 Å². The number of carbonyl (C=O) groups excluding carboxylic acids is 1. The molecule has 0 amide bonds. The molecule has 1 aromatic rings. The normalized spacial score (nSPS) is 9.67. The second kappa shape index (κ2) is 5.53. The van der Waals surface area contributed by atoms with Crippen LogP contribution in [0.1, 0.15) is 29.6 Å². The molecular formula is C12H10ClFO. The molecule has 0 aliphatic heterocycles. The highest BCUT2D eigenvalue weighted by molar-refractivity contribution is 6.34. The van der Waals surface area contributed by atoms with Gasteiger partial charge in [-0.05, 0) is 18.6 Å². The summed E-state index contributed by atoms with van der Waals surface area (Å²) in [4.78, 5) is 11.6. The van der Waals surface area contributed by atoms with Gasteiger partial charge in [-0.2, -0.15) is 0 Å². The summed E-state index contributed by atoms with van der Waals surface area (Å²) in [6, 6.07) is 4.21. The van der Waals surface area contributed by atoms with E-state index in [0.717, 1.165) is 0 Å². The first-order valence-electron chi connectivity index (χ1n) is 4.57. The molecule has 1 rings (SSSR count). The monoisotopic (exact) mass is 224 g/mol. The van der Waals surface area contributed by atoms with Gasteiger partial charge < -0.3 is 0 Å². The molecule has 1 nitrogen and oxygen atoms in total. The minimum Gasteiger partial charge on any atom is -0.294 e. The fourth-order valence-electron chi connectivity index (χ4n) is 1.20. The van der Waals surface area contributed by atoms with E-state index >= 15 is 0 Å². The molecule has 0 unspecified atom stereocenters. The number of hydrogen-bond donors (Lipinski definition) is 0. The lowest BCUT2D eigenvalue weighted by atomic mass is 10.1. The van der Waals surface area contributed by atoms with Gasteiger partial charge in [0, 0.05) is 18.4 Å². The first kappa shape index (κ1) is 11.7. The minimum atomic E-state index is -0.570. The molecule has 0 N–H and O–H groups in total. The lowest BCUT2D eigenvalue weighted by Gasteiger charge is -2.02. The predicted molar refractivity (Wildman–Crippen MR) is 58.4 cm³/mol. The average molecular weight is 225 g/mol. The molecule has 0 saturated carbocycles. The number of unbranched alkanes of at least 4 members (excludes halogenated alkanes) is 1. The third kappa shape index (κ3) is 3.07. The zero-order chi connectivity index (χ0) is 11.3. The summed E-state index contributed by atoms with van der Waals surface area (Å²) < 4.78 is 13.0. The maximum absolute atomic E-state index is 13.0. The van der Waals surface area contributed by atoms with Crippen LogP contribution in [-0.2, 0) is 0 Å². The molecule has 1 aromatic carbocycles. The maximum atomic E-state index is 13.0. The van der Waals surface area contributed by atoms with Gasteiger partial charge in [-0.3, -0.25) is 4.79 Å². The van der Waals surface area contributed by atoms with Crippen molar-refractivity contribution in [2.45, 2.75) is 19.3 Å². The largest absolute Gasteiger partial charge is 0.294 e. The maximum Gasteiger partial charge on any atom is 0.164 e. The quantitative estimate of drug-likeness (QED) is 0.435. The number of halogens is 2. The van der Waals surface area contributed by atoms with E-state index in [1.165, 1.54) is 18.2 Å². The standard InChI is InChI=1S/C12H10ClFO/c1-2-3-4-8-11(15)9-6-5-7-10(14)12(9)13/h1,5-7H,3-4,8H2. The topological polar surface area (TPSA) is 17.1 Å². The second-order valence-corrected chi connectivity index (χ2v) is 3.46. The highest BCUT2D eigenvalue weighted by Crippen LogP contribution is 2.21.